The quantitative estimate of drug-likeness (QED) is 0.622. The predicted octanol–water partition coefficient (Wildman–Crippen LogP) is 1.13. The molecule has 0 aromatic rings. The highest BCUT2D eigenvalue weighted by atomic mass is 16.5. The molecule has 0 spiro atoms. The number of carboxylic acids is 1. The van der Waals surface area contributed by atoms with E-state index in [2.05, 4.69) is 0 Å². The fraction of sp³-hybridized carbons (Fsp3) is 0.875. The Balaban J connectivity index is 2.53. The topological polar surface area (TPSA) is 46.5 Å². The largest absolute Gasteiger partial charge is 0.481 e. The summed E-state index contributed by atoms with van der Waals surface area (Å²) in [6.07, 6.45) is 0.725. The number of hydrogen-bond acceptors (Lipinski definition) is 2. The second-order valence-corrected chi connectivity index (χ2v) is 3.92. The highest BCUT2D eigenvalue weighted by molar-refractivity contribution is 5.70. The summed E-state index contributed by atoms with van der Waals surface area (Å²) in [6.45, 7) is 5.11. The minimum absolute atomic E-state index is 0.0291. The number of aliphatic carboxylic acids is 1. The van der Waals surface area contributed by atoms with E-state index in [-0.39, 0.29) is 11.3 Å². The van der Waals surface area contributed by atoms with Crippen molar-refractivity contribution in [3.63, 3.8) is 0 Å². The monoisotopic (exact) mass is 158 g/mol. The smallest absolute Gasteiger partial charge is 0.308 e. The van der Waals surface area contributed by atoms with E-state index in [1.54, 1.807) is 0 Å². The van der Waals surface area contributed by atoms with Crippen LogP contribution in [0.2, 0.25) is 0 Å². The molecule has 0 radical (unpaired) electrons. The minimum atomic E-state index is -0.738. The zero-order valence-corrected chi connectivity index (χ0v) is 6.96. The van der Waals surface area contributed by atoms with Crippen LogP contribution in [0.25, 0.3) is 0 Å². The number of carboxylic acid groups (broad SMARTS) is 1. The van der Waals surface area contributed by atoms with Gasteiger partial charge in [-0.1, -0.05) is 13.8 Å². The molecule has 64 valence electrons. The van der Waals surface area contributed by atoms with E-state index in [0.29, 0.717) is 13.2 Å². The van der Waals surface area contributed by atoms with Crippen LogP contribution in [0.5, 0.6) is 0 Å². The van der Waals surface area contributed by atoms with Gasteiger partial charge in [-0.15, -0.1) is 0 Å². The number of ether oxygens (including phenoxy) is 1. The fourth-order valence-corrected chi connectivity index (χ4v) is 1.42. The molecule has 0 bridgehead atoms. The number of rotatable bonds is 1. The fourth-order valence-electron chi connectivity index (χ4n) is 1.42. The van der Waals surface area contributed by atoms with Crippen molar-refractivity contribution in [1.82, 2.24) is 0 Å². The van der Waals surface area contributed by atoms with Crippen molar-refractivity contribution in [3.05, 3.63) is 0 Å². The molecule has 1 atom stereocenters. The third kappa shape index (κ3) is 2.19. The molecule has 1 aliphatic rings. The first-order valence-electron chi connectivity index (χ1n) is 3.82. The molecular weight excluding hydrogens is 144 g/mol. The number of carbonyl (C=O) groups is 1. The summed E-state index contributed by atoms with van der Waals surface area (Å²) in [4.78, 5) is 10.6. The Morgan fingerprint density at radius 3 is 2.64 bits per heavy atom. The van der Waals surface area contributed by atoms with E-state index in [9.17, 15) is 4.79 Å². The Hall–Kier alpha value is -0.570. The van der Waals surface area contributed by atoms with Gasteiger partial charge < -0.3 is 9.84 Å². The maximum atomic E-state index is 10.6. The van der Waals surface area contributed by atoms with E-state index in [4.69, 9.17) is 9.84 Å². The predicted molar refractivity (Wildman–Crippen MR) is 40.3 cm³/mol. The first-order chi connectivity index (χ1) is 5.01. The minimum Gasteiger partial charge on any atom is -0.481 e. The molecule has 0 aromatic heterocycles. The molecule has 0 aromatic carbocycles. The molecule has 3 heteroatoms. The second-order valence-electron chi connectivity index (χ2n) is 3.92. The lowest BCUT2D eigenvalue weighted by Gasteiger charge is -2.32. The summed E-state index contributed by atoms with van der Waals surface area (Å²) in [5, 5.41) is 8.69. The SMILES string of the molecule is CC1(C)COCC(C(=O)O)C1. The Labute approximate surface area is 66.4 Å². The average molecular weight is 158 g/mol. The van der Waals surface area contributed by atoms with E-state index < -0.39 is 5.97 Å². The van der Waals surface area contributed by atoms with Crippen molar-refractivity contribution in [2.45, 2.75) is 20.3 Å². The second kappa shape index (κ2) is 2.81. The van der Waals surface area contributed by atoms with Crippen LogP contribution in [-0.4, -0.2) is 24.3 Å². The zero-order valence-electron chi connectivity index (χ0n) is 6.96. The Morgan fingerprint density at radius 1 is 1.64 bits per heavy atom. The summed E-state index contributed by atoms with van der Waals surface area (Å²) in [6, 6.07) is 0. The maximum Gasteiger partial charge on any atom is 0.308 e. The highest BCUT2D eigenvalue weighted by Gasteiger charge is 2.32. The zero-order chi connectivity index (χ0) is 8.48. The highest BCUT2D eigenvalue weighted by Crippen LogP contribution is 2.30. The van der Waals surface area contributed by atoms with Crippen LogP contribution in [0, 0.1) is 11.3 Å². The molecule has 1 fully saturated rings. The average Bonchev–Trinajstić information content (AvgIpc) is 1.85. The van der Waals surface area contributed by atoms with Gasteiger partial charge in [0.25, 0.3) is 0 Å². The van der Waals surface area contributed by atoms with Gasteiger partial charge in [-0.2, -0.15) is 0 Å². The summed E-state index contributed by atoms with van der Waals surface area (Å²) in [5.74, 6) is -1.04. The van der Waals surface area contributed by atoms with Gasteiger partial charge in [-0.25, -0.2) is 0 Å². The molecule has 0 aliphatic carbocycles. The molecule has 1 aliphatic heterocycles. The van der Waals surface area contributed by atoms with Crippen molar-refractivity contribution in [2.24, 2.45) is 11.3 Å². The summed E-state index contributed by atoms with van der Waals surface area (Å²) in [7, 11) is 0. The Kier molecular flexibility index (Phi) is 2.18. The Morgan fingerprint density at radius 2 is 2.27 bits per heavy atom. The van der Waals surface area contributed by atoms with Gasteiger partial charge >= 0.3 is 5.97 Å². The van der Waals surface area contributed by atoms with Crippen LogP contribution in [0.15, 0.2) is 0 Å². The van der Waals surface area contributed by atoms with Gasteiger partial charge in [0.15, 0.2) is 0 Å². The first-order valence-corrected chi connectivity index (χ1v) is 3.82. The van der Waals surface area contributed by atoms with Crippen LogP contribution in [0.4, 0.5) is 0 Å². The van der Waals surface area contributed by atoms with Crippen molar-refractivity contribution < 1.29 is 14.6 Å². The van der Waals surface area contributed by atoms with Crippen LogP contribution >= 0.6 is 0 Å². The van der Waals surface area contributed by atoms with Gasteiger partial charge in [0, 0.05) is 0 Å². The van der Waals surface area contributed by atoms with E-state index in [1.807, 2.05) is 13.8 Å². The lowest BCUT2D eigenvalue weighted by atomic mass is 9.82. The van der Waals surface area contributed by atoms with Gasteiger partial charge in [0.2, 0.25) is 0 Å². The lowest BCUT2D eigenvalue weighted by molar-refractivity contribution is -0.150. The third-order valence-electron chi connectivity index (χ3n) is 1.96. The molecule has 1 unspecified atom stereocenters. The van der Waals surface area contributed by atoms with Crippen LogP contribution in [-0.2, 0) is 9.53 Å². The molecule has 1 saturated heterocycles. The normalized spacial score (nSPS) is 29.8. The molecule has 1 N–H and O–H groups in total. The van der Waals surface area contributed by atoms with Gasteiger partial charge in [0.05, 0.1) is 19.1 Å². The maximum absolute atomic E-state index is 10.6. The van der Waals surface area contributed by atoms with Gasteiger partial charge in [0.1, 0.15) is 0 Å². The summed E-state index contributed by atoms with van der Waals surface area (Å²) in [5.41, 5.74) is 0.0291. The van der Waals surface area contributed by atoms with Crippen molar-refractivity contribution in [2.75, 3.05) is 13.2 Å². The van der Waals surface area contributed by atoms with Crippen LogP contribution < -0.4 is 0 Å². The molecular formula is C8H14O3. The van der Waals surface area contributed by atoms with Crippen molar-refractivity contribution >= 4 is 5.97 Å². The van der Waals surface area contributed by atoms with Crippen molar-refractivity contribution in [3.8, 4) is 0 Å². The molecule has 3 nitrogen and oxygen atoms in total. The van der Waals surface area contributed by atoms with Crippen LogP contribution in [0.3, 0.4) is 0 Å². The summed E-state index contributed by atoms with van der Waals surface area (Å²) < 4.78 is 5.18. The summed E-state index contributed by atoms with van der Waals surface area (Å²) >= 11 is 0. The molecule has 0 amide bonds. The standard InChI is InChI=1S/C8H14O3/c1-8(2)3-6(7(9)10)4-11-5-8/h6H,3-5H2,1-2H3,(H,9,10). The Bertz CT molecular complexity index is 163. The van der Waals surface area contributed by atoms with Gasteiger partial charge in [-0.3, -0.25) is 4.79 Å². The van der Waals surface area contributed by atoms with Crippen molar-refractivity contribution in [1.29, 1.82) is 0 Å². The molecule has 1 rings (SSSR count). The number of hydrogen-bond donors (Lipinski definition) is 1. The van der Waals surface area contributed by atoms with Crippen LogP contribution in [0.1, 0.15) is 20.3 Å². The molecule has 0 saturated carbocycles. The first kappa shape index (κ1) is 8.53. The third-order valence-corrected chi connectivity index (χ3v) is 1.96. The van der Waals surface area contributed by atoms with E-state index in [1.165, 1.54) is 0 Å². The lowest BCUT2D eigenvalue weighted by Crippen LogP contribution is -2.35. The van der Waals surface area contributed by atoms with E-state index in [0.717, 1.165) is 6.42 Å². The molecule has 11 heavy (non-hydrogen) atoms. The van der Waals surface area contributed by atoms with Gasteiger partial charge in [-0.05, 0) is 11.8 Å². The van der Waals surface area contributed by atoms with E-state index >= 15 is 0 Å². The molecule has 1 heterocycles.